The number of amides is 1. The van der Waals surface area contributed by atoms with E-state index in [1.54, 1.807) is 23.1 Å². The zero-order chi connectivity index (χ0) is 17.9. The third-order valence-corrected chi connectivity index (χ3v) is 3.97. The molecule has 0 atom stereocenters. The molecule has 0 fully saturated rings. The average molecular weight is 376 g/mol. The van der Waals surface area contributed by atoms with Crippen LogP contribution in [-0.4, -0.2) is 43.6 Å². The van der Waals surface area contributed by atoms with E-state index in [-0.39, 0.29) is 24.9 Å². The lowest BCUT2D eigenvalue weighted by Crippen LogP contribution is -2.37. The zero-order valence-electron chi connectivity index (χ0n) is 14.0. The third kappa shape index (κ3) is 7.41. The maximum atomic E-state index is 12.4. The predicted molar refractivity (Wildman–Crippen MR) is 94.7 cm³/mol. The van der Waals surface area contributed by atoms with Crippen molar-refractivity contribution in [1.29, 1.82) is 0 Å². The van der Waals surface area contributed by atoms with Crippen LogP contribution in [0.25, 0.3) is 0 Å². The van der Waals surface area contributed by atoms with Crippen LogP contribution in [0.2, 0.25) is 10.0 Å². The molecule has 0 heterocycles. The Morgan fingerprint density at radius 3 is 2.54 bits per heavy atom. The molecule has 134 valence electrons. The number of methoxy groups -OCH3 is 1. The first-order valence-electron chi connectivity index (χ1n) is 7.90. The Morgan fingerprint density at radius 1 is 1.17 bits per heavy atom. The Hall–Kier alpha value is -1.46. The van der Waals surface area contributed by atoms with Crippen LogP contribution in [0, 0.1) is 0 Å². The fourth-order valence-electron chi connectivity index (χ4n) is 2.07. The van der Waals surface area contributed by atoms with Crippen molar-refractivity contribution < 1.29 is 19.1 Å². The largest absolute Gasteiger partial charge is 0.482 e. The van der Waals surface area contributed by atoms with Crippen molar-refractivity contribution in [2.45, 2.75) is 32.6 Å². The molecule has 0 N–H and O–H groups in total. The molecule has 1 amide bonds. The van der Waals surface area contributed by atoms with Gasteiger partial charge < -0.3 is 14.4 Å². The normalized spacial score (nSPS) is 10.3. The van der Waals surface area contributed by atoms with E-state index >= 15 is 0 Å². The van der Waals surface area contributed by atoms with Crippen LogP contribution in [-0.2, 0) is 14.3 Å². The predicted octanol–water partition coefficient (Wildman–Crippen LogP) is 3.95. The molecule has 1 aromatic rings. The quantitative estimate of drug-likeness (QED) is 0.458. The van der Waals surface area contributed by atoms with Crippen LogP contribution in [0.3, 0.4) is 0 Å². The number of hydrogen-bond donors (Lipinski definition) is 0. The molecular weight excluding hydrogens is 353 g/mol. The Morgan fingerprint density at radius 2 is 1.92 bits per heavy atom. The van der Waals surface area contributed by atoms with Crippen LogP contribution in [0.5, 0.6) is 5.75 Å². The molecule has 24 heavy (non-hydrogen) atoms. The fraction of sp³-hybridized carbons (Fsp3) is 0.529. The number of hydrogen-bond acceptors (Lipinski definition) is 4. The summed E-state index contributed by atoms with van der Waals surface area (Å²) < 4.78 is 10.1. The monoisotopic (exact) mass is 375 g/mol. The highest BCUT2D eigenvalue weighted by Crippen LogP contribution is 2.27. The molecule has 0 bridgehead atoms. The molecule has 7 heteroatoms. The molecule has 0 saturated carbocycles. The number of ether oxygens (including phenoxy) is 2. The molecule has 0 aromatic heterocycles. The maximum Gasteiger partial charge on any atom is 0.307 e. The molecule has 0 spiro atoms. The van der Waals surface area contributed by atoms with Gasteiger partial charge >= 0.3 is 5.97 Å². The molecule has 1 aromatic carbocycles. The van der Waals surface area contributed by atoms with Crippen LogP contribution in [0.1, 0.15) is 32.6 Å². The molecule has 5 nitrogen and oxygen atoms in total. The topological polar surface area (TPSA) is 55.8 Å². The minimum atomic E-state index is -0.343. The summed E-state index contributed by atoms with van der Waals surface area (Å²) in [5.41, 5.74) is 0. The number of nitrogens with zero attached hydrogens (tertiary/aromatic N) is 1. The zero-order valence-corrected chi connectivity index (χ0v) is 15.5. The molecule has 0 aliphatic heterocycles. The lowest BCUT2D eigenvalue weighted by molar-refractivity contribution is -0.142. The summed E-state index contributed by atoms with van der Waals surface area (Å²) in [4.78, 5) is 25.3. The molecule has 0 saturated heterocycles. The van der Waals surface area contributed by atoms with E-state index < -0.39 is 0 Å². The van der Waals surface area contributed by atoms with Gasteiger partial charge in [0.2, 0.25) is 0 Å². The van der Waals surface area contributed by atoms with Crippen molar-refractivity contribution in [3.8, 4) is 5.75 Å². The molecular formula is C17H23Cl2NO4. The summed E-state index contributed by atoms with van der Waals surface area (Å²) in [6.07, 6.45) is 3.11. The van der Waals surface area contributed by atoms with Crippen LogP contribution >= 0.6 is 23.2 Å². The van der Waals surface area contributed by atoms with E-state index in [1.807, 2.05) is 0 Å². The highest BCUT2D eigenvalue weighted by Gasteiger charge is 2.16. The average Bonchev–Trinajstić information content (AvgIpc) is 2.56. The summed E-state index contributed by atoms with van der Waals surface area (Å²) in [5.74, 6) is -0.137. The maximum absolute atomic E-state index is 12.4. The fourth-order valence-corrected chi connectivity index (χ4v) is 2.53. The number of benzene rings is 1. The Kier molecular flexibility index (Phi) is 9.57. The van der Waals surface area contributed by atoms with Crippen molar-refractivity contribution in [2.75, 3.05) is 26.8 Å². The molecule has 1 rings (SSSR count). The van der Waals surface area contributed by atoms with E-state index in [2.05, 4.69) is 11.7 Å². The lowest BCUT2D eigenvalue weighted by Gasteiger charge is -2.22. The van der Waals surface area contributed by atoms with Gasteiger partial charge in [0.05, 0.1) is 18.6 Å². The van der Waals surface area contributed by atoms with E-state index in [0.29, 0.717) is 28.9 Å². The number of rotatable bonds is 10. The smallest absolute Gasteiger partial charge is 0.307 e. The van der Waals surface area contributed by atoms with Gasteiger partial charge in [0, 0.05) is 18.1 Å². The number of carbonyl (C=O) groups is 2. The van der Waals surface area contributed by atoms with E-state index in [1.165, 1.54) is 7.11 Å². The Bertz CT molecular complexity index is 551. The van der Waals surface area contributed by atoms with Gasteiger partial charge in [0.1, 0.15) is 5.75 Å². The van der Waals surface area contributed by atoms with Crippen LogP contribution < -0.4 is 4.74 Å². The number of halogens is 2. The van der Waals surface area contributed by atoms with Crippen molar-refractivity contribution in [3.63, 3.8) is 0 Å². The van der Waals surface area contributed by atoms with Gasteiger partial charge in [-0.05, 0) is 24.6 Å². The number of esters is 1. The molecule has 0 aliphatic carbocycles. The van der Waals surface area contributed by atoms with Crippen LogP contribution in [0.15, 0.2) is 18.2 Å². The first-order valence-corrected chi connectivity index (χ1v) is 8.66. The second-order valence-corrected chi connectivity index (χ2v) is 6.12. The van der Waals surface area contributed by atoms with Gasteiger partial charge in [-0.25, -0.2) is 0 Å². The van der Waals surface area contributed by atoms with Gasteiger partial charge in [-0.2, -0.15) is 0 Å². The first-order chi connectivity index (χ1) is 11.5. The summed E-state index contributed by atoms with van der Waals surface area (Å²) in [5, 5.41) is 0.848. The summed E-state index contributed by atoms with van der Waals surface area (Å²) in [6, 6.07) is 4.82. The van der Waals surface area contributed by atoms with Gasteiger partial charge in [0.15, 0.2) is 6.61 Å². The second kappa shape index (κ2) is 11.2. The lowest BCUT2D eigenvalue weighted by atomic mass is 10.2. The van der Waals surface area contributed by atoms with Gasteiger partial charge in [-0.15, -0.1) is 0 Å². The number of unbranched alkanes of at least 4 members (excludes halogenated alkanes) is 2. The Labute approximate surface area is 152 Å². The van der Waals surface area contributed by atoms with Gasteiger partial charge in [-0.3, -0.25) is 9.59 Å². The highest BCUT2D eigenvalue weighted by atomic mass is 35.5. The molecule has 0 aliphatic rings. The van der Waals surface area contributed by atoms with Crippen molar-refractivity contribution >= 4 is 35.1 Å². The van der Waals surface area contributed by atoms with Crippen molar-refractivity contribution in [1.82, 2.24) is 4.90 Å². The summed E-state index contributed by atoms with van der Waals surface area (Å²) in [6.45, 7) is 2.84. The summed E-state index contributed by atoms with van der Waals surface area (Å²) >= 11 is 11.8. The molecule has 0 radical (unpaired) electrons. The highest BCUT2D eigenvalue weighted by molar-refractivity contribution is 6.35. The van der Waals surface area contributed by atoms with Crippen LogP contribution in [0.4, 0.5) is 0 Å². The van der Waals surface area contributed by atoms with E-state index in [4.69, 9.17) is 27.9 Å². The van der Waals surface area contributed by atoms with E-state index in [9.17, 15) is 9.59 Å². The van der Waals surface area contributed by atoms with Gasteiger partial charge in [-0.1, -0.05) is 43.0 Å². The third-order valence-electron chi connectivity index (χ3n) is 3.44. The minimum absolute atomic E-state index is 0.144. The van der Waals surface area contributed by atoms with E-state index in [0.717, 1.165) is 19.3 Å². The number of carbonyl (C=O) groups excluding carboxylic acids is 2. The first kappa shape index (κ1) is 20.6. The Balaban J connectivity index is 2.59. The minimum Gasteiger partial charge on any atom is -0.482 e. The standard InChI is InChI=1S/C17H23Cl2NO4/c1-3-4-5-9-20(10-8-17(22)23-2)16(21)12-24-15-7-6-13(18)11-14(15)19/h6-7,11H,3-5,8-10,12H2,1-2H3. The SMILES string of the molecule is CCCCCN(CCC(=O)OC)C(=O)COc1ccc(Cl)cc1Cl. The second-order valence-electron chi connectivity index (χ2n) is 5.28. The molecule has 0 unspecified atom stereocenters. The van der Waals surface area contributed by atoms with Crippen molar-refractivity contribution in [3.05, 3.63) is 28.2 Å². The van der Waals surface area contributed by atoms with Crippen molar-refractivity contribution in [2.24, 2.45) is 0 Å². The summed E-state index contributed by atoms with van der Waals surface area (Å²) in [7, 11) is 1.33. The van der Waals surface area contributed by atoms with Gasteiger partial charge in [0.25, 0.3) is 5.91 Å².